The van der Waals surface area contributed by atoms with Crippen LogP contribution in [0.15, 0.2) is 29.2 Å². The summed E-state index contributed by atoms with van der Waals surface area (Å²) in [7, 11) is -0.388. The molecular formula is C31H46O10SSi. The molecular weight excluding hydrogens is 592 g/mol. The second-order valence-corrected chi connectivity index (χ2v) is 18.4. The van der Waals surface area contributed by atoms with Crippen molar-refractivity contribution in [2.45, 2.75) is 70.0 Å². The molecule has 0 saturated carbocycles. The van der Waals surface area contributed by atoms with E-state index in [0.29, 0.717) is 23.7 Å². The highest BCUT2D eigenvalue weighted by Crippen LogP contribution is 2.40. The second kappa shape index (κ2) is 15.1. The predicted molar refractivity (Wildman–Crippen MR) is 168 cm³/mol. The molecule has 0 radical (unpaired) electrons. The summed E-state index contributed by atoms with van der Waals surface area (Å²) >= 11 is 0. The standard InChI is InChI=1S/C31H46O10SSi/c1-11-14-40-30-27(38-7)19-22(20-28(30)42(34,35)16-15-41-43(9,10)31(2,3)4)24(33)13-12-23(32)21-17-25(36-5)29(39-8)26(18-21)37-6/h17-20H,11-16H2,1-10H3. The van der Waals surface area contributed by atoms with Gasteiger partial charge in [0.15, 0.2) is 52.7 Å². The minimum atomic E-state index is -3.94. The lowest BCUT2D eigenvalue weighted by Gasteiger charge is -2.36. The van der Waals surface area contributed by atoms with E-state index in [0.717, 1.165) is 0 Å². The lowest BCUT2D eigenvalue weighted by molar-refractivity contribution is 0.0917. The van der Waals surface area contributed by atoms with Crippen molar-refractivity contribution in [2.75, 3.05) is 47.4 Å². The Hall–Kier alpha value is -3.09. The van der Waals surface area contributed by atoms with Crippen molar-refractivity contribution >= 4 is 29.7 Å². The number of benzene rings is 2. The van der Waals surface area contributed by atoms with Crippen LogP contribution in [0.5, 0.6) is 28.7 Å². The first-order chi connectivity index (χ1) is 20.1. The first kappa shape index (κ1) is 36.1. The molecule has 12 heteroatoms. The quantitative estimate of drug-likeness (QED) is 0.147. The maximum atomic E-state index is 13.6. The molecule has 240 valence electrons. The fourth-order valence-electron chi connectivity index (χ4n) is 3.96. The van der Waals surface area contributed by atoms with E-state index >= 15 is 0 Å². The molecule has 0 aliphatic rings. The molecule has 0 aliphatic carbocycles. The van der Waals surface area contributed by atoms with E-state index in [2.05, 4.69) is 33.9 Å². The number of methoxy groups -OCH3 is 4. The third kappa shape index (κ3) is 8.96. The molecule has 2 aromatic carbocycles. The number of ketones is 2. The van der Waals surface area contributed by atoms with Gasteiger partial charge in [-0.2, -0.15) is 0 Å². The Labute approximate surface area is 257 Å². The Kier molecular flexibility index (Phi) is 12.7. The summed E-state index contributed by atoms with van der Waals surface area (Å²) in [6, 6.07) is 5.80. The average Bonchev–Trinajstić information content (AvgIpc) is 2.96. The highest BCUT2D eigenvalue weighted by molar-refractivity contribution is 7.91. The van der Waals surface area contributed by atoms with Gasteiger partial charge in [-0.3, -0.25) is 9.59 Å². The van der Waals surface area contributed by atoms with E-state index in [1.807, 2.05) is 6.92 Å². The Morgan fingerprint density at radius 2 is 1.21 bits per heavy atom. The second-order valence-electron chi connectivity index (χ2n) is 11.5. The van der Waals surface area contributed by atoms with Gasteiger partial charge in [0.05, 0.1) is 40.8 Å². The summed E-state index contributed by atoms with van der Waals surface area (Å²) in [6.07, 6.45) is 0.346. The zero-order chi connectivity index (χ0) is 32.6. The molecule has 0 heterocycles. The summed E-state index contributed by atoms with van der Waals surface area (Å²) < 4.78 is 60.6. The smallest absolute Gasteiger partial charge is 0.203 e. The maximum absolute atomic E-state index is 13.6. The maximum Gasteiger partial charge on any atom is 0.203 e. The minimum absolute atomic E-state index is 0.00974. The number of rotatable bonds is 17. The van der Waals surface area contributed by atoms with Crippen LogP contribution in [0.25, 0.3) is 0 Å². The molecule has 0 N–H and O–H groups in total. The Balaban J connectivity index is 2.38. The van der Waals surface area contributed by atoms with Gasteiger partial charge in [-0.25, -0.2) is 8.42 Å². The van der Waals surface area contributed by atoms with Crippen molar-refractivity contribution in [1.29, 1.82) is 0 Å². The highest BCUT2D eigenvalue weighted by Gasteiger charge is 2.37. The van der Waals surface area contributed by atoms with E-state index in [-0.39, 0.29) is 70.2 Å². The number of hydrogen-bond acceptors (Lipinski definition) is 10. The predicted octanol–water partition coefficient (Wildman–Crippen LogP) is 6.15. The number of hydrogen-bond donors (Lipinski definition) is 0. The third-order valence-corrected chi connectivity index (χ3v) is 13.8. The van der Waals surface area contributed by atoms with Gasteiger partial charge in [-0.05, 0) is 48.8 Å². The van der Waals surface area contributed by atoms with E-state index in [1.54, 1.807) is 0 Å². The highest BCUT2D eigenvalue weighted by atomic mass is 32.2. The molecule has 0 aliphatic heterocycles. The number of sulfone groups is 1. The molecule has 0 atom stereocenters. The van der Waals surface area contributed by atoms with Crippen LogP contribution in [-0.4, -0.2) is 75.7 Å². The van der Waals surface area contributed by atoms with Crippen LogP contribution >= 0.6 is 0 Å². The van der Waals surface area contributed by atoms with Gasteiger partial charge in [0.25, 0.3) is 0 Å². The summed E-state index contributed by atoms with van der Waals surface area (Å²) in [4.78, 5) is 26.2. The minimum Gasteiger partial charge on any atom is -0.493 e. The molecule has 0 fully saturated rings. The van der Waals surface area contributed by atoms with Gasteiger partial charge in [-0.15, -0.1) is 0 Å². The molecule has 2 rings (SSSR count). The van der Waals surface area contributed by atoms with Crippen LogP contribution < -0.4 is 23.7 Å². The molecule has 0 saturated heterocycles. The largest absolute Gasteiger partial charge is 0.493 e. The Morgan fingerprint density at radius 3 is 1.63 bits per heavy atom. The van der Waals surface area contributed by atoms with E-state index in [9.17, 15) is 18.0 Å². The SMILES string of the molecule is CCCOc1c(OC)cc(C(=O)CCC(=O)c2cc(OC)c(OC)c(OC)c2)cc1S(=O)(=O)CCO[Si](C)(C)C(C)(C)C. The zero-order valence-corrected chi connectivity index (χ0v) is 28.9. The van der Waals surface area contributed by atoms with Crippen molar-refractivity contribution < 1.29 is 46.1 Å². The van der Waals surface area contributed by atoms with Crippen molar-refractivity contribution in [3.63, 3.8) is 0 Å². The van der Waals surface area contributed by atoms with Gasteiger partial charge in [0.1, 0.15) is 4.90 Å². The molecule has 0 aromatic heterocycles. The summed E-state index contributed by atoms with van der Waals surface area (Å²) in [5.41, 5.74) is 0.385. The van der Waals surface area contributed by atoms with Crippen LogP contribution in [-0.2, 0) is 14.3 Å². The topological polar surface area (TPSA) is 124 Å². The van der Waals surface area contributed by atoms with Crippen LogP contribution in [0, 0.1) is 0 Å². The van der Waals surface area contributed by atoms with Gasteiger partial charge in [0.2, 0.25) is 5.75 Å². The lowest BCUT2D eigenvalue weighted by atomic mass is 10.0. The van der Waals surface area contributed by atoms with Crippen LogP contribution in [0.2, 0.25) is 18.1 Å². The van der Waals surface area contributed by atoms with E-state index in [1.165, 1.54) is 52.7 Å². The van der Waals surface area contributed by atoms with Crippen molar-refractivity contribution in [3.8, 4) is 28.7 Å². The third-order valence-electron chi connectivity index (χ3n) is 7.54. The monoisotopic (exact) mass is 638 g/mol. The number of carbonyl (C=O) groups is 2. The zero-order valence-electron chi connectivity index (χ0n) is 27.0. The molecule has 0 bridgehead atoms. The first-order valence-electron chi connectivity index (χ1n) is 14.1. The molecule has 0 amide bonds. The number of carbonyl (C=O) groups excluding carboxylic acids is 2. The van der Waals surface area contributed by atoms with Crippen molar-refractivity contribution in [1.82, 2.24) is 0 Å². The summed E-state index contributed by atoms with van der Waals surface area (Å²) in [5.74, 6) is 0.128. The van der Waals surface area contributed by atoms with Gasteiger partial charge < -0.3 is 28.1 Å². The number of Topliss-reactive ketones (excluding diaryl/α,β-unsaturated/α-hetero) is 2. The average molecular weight is 639 g/mol. The van der Waals surface area contributed by atoms with Gasteiger partial charge in [-0.1, -0.05) is 27.7 Å². The Morgan fingerprint density at radius 1 is 0.744 bits per heavy atom. The Bertz CT molecular complexity index is 1370. The molecule has 2 aromatic rings. The van der Waals surface area contributed by atoms with Gasteiger partial charge in [0, 0.05) is 30.6 Å². The normalized spacial score (nSPS) is 12.0. The van der Waals surface area contributed by atoms with Crippen LogP contribution in [0.4, 0.5) is 0 Å². The van der Waals surface area contributed by atoms with Crippen LogP contribution in [0.1, 0.15) is 67.7 Å². The molecule has 43 heavy (non-hydrogen) atoms. The van der Waals surface area contributed by atoms with E-state index < -0.39 is 23.9 Å². The summed E-state index contributed by atoms with van der Waals surface area (Å²) in [6.45, 7) is 12.5. The van der Waals surface area contributed by atoms with E-state index in [4.69, 9.17) is 28.1 Å². The first-order valence-corrected chi connectivity index (χ1v) is 18.7. The van der Waals surface area contributed by atoms with Crippen molar-refractivity contribution in [3.05, 3.63) is 35.4 Å². The van der Waals surface area contributed by atoms with Crippen LogP contribution in [0.3, 0.4) is 0 Å². The molecule has 10 nitrogen and oxygen atoms in total. The van der Waals surface area contributed by atoms with Gasteiger partial charge >= 0.3 is 0 Å². The lowest BCUT2D eigenvalue weighted by Crippen LogP contribution is -2.41. The fourth-order valence-corrected chi connectivity index (χ4v) is 6.42. The number of ether oxygens (including phenoxy) is 5. The summed E-state index contributed by atoms with van der Waals surface area (Å²) in [5, 5.41) is -0.0821. The fraction of sp³-hybridized carbons (Fsp3) is 0.548. The van der Waals surface area contributed by atoms with Crippen molar-refractivity contribution in [2.24, 2.45) is 0 Å². The molecule has 0 spiro atoms. The molecule has 0 unspecified atom stereocenters.